The second-order valence-corrected chi connectivity index (χ2v) is 12.2. The Labute approximate surface area is 246 Å². The van der Waals surface area contributed by atoms with Crippen molar-refractivity contribution in [1.82, 2.24) is 14.6 Å². The van der Waals surface area contributed by atoms with Crippen LogP contribution in [0.3, 0.4) is 0 Å². The molecule has 0 aliphatic carbocycles. The van der Waals surface area contributed by atoms with Crippen LogP contribution in [0.4, 0.5) is 0 Å². The number of aliphatic hydroxyl groups is 1. The van der Waals surface area contributed by atoms with Gasteiger partial charge in [0, 0.05) is 23.6 Å². The van der Waals surface area contributed by atoms with Crippen molar-refractivity contribution in [1.29, 1.82) is 0 Å². The third kappa shape index (κ3) is 8.63. The maximum absolute atomic E-state index is 14.0. The zero-order chi connectivity index (χ0) is 31.9. The van der Waals surface area contributed by atoms with Gasteiger partial charge in [0.05, 0.1) is 18.8 Å². The van der Waals surface area contributed by atoms with Gasteiger partial charge >= 0.3 is 19.4 Å². The maximum atomic E-state index is 14.0. The fourth-order valence-corrected chi connectivity index (χ4v) is 5.76. The van der Waals surface area contributed by atoms with Crippen molar-refractivity contribution in [2.75, 3.05) is 6.61 Å². The van der Waals surface area contributed by atoms with Crippen LogP contribution in [0, 0.1) is 0 Å². The number of aliphatic hydroxyl groups excluding tert-OH is 1. The molecule has 3 rings (SSSR count). The Hall–Kier alpha value is -3.78. The maximum Gasteiger partial charge on any atom is 0.459 e. The molecule has 2 heterocycles. The van der Waals surface area contributed by atoms with Crippen LogP contribution in [-0.4, -0.2) is 62.9 Å². The van der Waals surface area contributed by atoms with Crippen LogP contribution < -0.4 is 20.9 Å². The van der Waals surface area contributed by atoms with E-state index in [-0.39, 0.29) is 11.5 Å². The summed E-state index contributed by atoms with van der Waals surface area (Å²) < 4.78 is 37.2. The van der Waals surface area contributed by atoms with Crippen molar-refractivity contribution < 1.29 is 37.8 Å². The zero-order valence-corrected chi connectivity index (χ0v) is 25.2. The minimum Gasteiger partial charge on any atom is -0.462 e. The van der Waals surface area contributed by atoms with Gasteiger partial charge in [0.1, 0.15) is 29.2 Å². The highest BCUT2D eigenvalue weighted by molar-refractivity contribution is 7.52. The number of ketones is 1. The van der Waals surface area contributed by atoms with Gasteiger partial charge in [0.25, 0.3) is 5.56 Å². The number of aromatic nitrogens is 2. The number of aryl methyl sites for hydroxylation is 1. The van der Waals surface area contributed by atoms with Crippen molar-refractivity contribution in [3.63, 3.8) is 0 Å². The van der Waals surface area contributed by atoms with Gasteiger partial charge in [-0.1, -0.05) is 17.2 Å². The average molecular weight is 623 g/mol. The van der Waals surface area contributed by atoms with E-state index >= 15 is 0 Å². The SMILES string of the molecule is CC(=O)CCc1ccc(OP(=O)(N[C@@H](C)C(=O)OC(C)C)OC[C@H]2OC(n3ccc(=O)[nH]c3=O)[C@](C)(N=[N+]=[N-])[C@@H]2O)cc1. The number of Topliss-reactive ketones (excluding diaryl/α,β-unsaturated/α-hetero) is 1. The minimum atomic E-state index is -4.40. The molecule has 0 saturated carbocycles. The number of esters is 1. The third-order valence-corrected chi connectivity index (χ3v) is 8.14. The number of azide groups is 1. The molecule has 1 aliphatic rings. The summed E-state index contributed by atoms with van der Waals surface area (Å²) in [5.74, 6) is -0.589. The summed E-state index contributed by atoms with van der Waals surface area (Å²) >= 11 is 0. The number of benzene rings is 1. The fraction of sp³-hybridized carbons (Fsp3) is 0.538. The van der Waals surface area contributed by atoms with E-state index in [1.807, 2.05) is 0 Å². The van der Waals surface area contributed by atoms with E-state index in [2.05, 4.69) is 20.1 Å². The summed E-state index contributed by atoms with van der Waals surface area (Å²) in [6.07, 6.45) is -2.76. The summed E-state index contributed by atoms with van der Waals surface area (Å²) in [4.78, 5) is 52.6. The Kier molecular flexibility index (Phi) is 11.1. The molecular formula is C26H35N6O10P. The molecule has 0 radical (unpaired) electrons. The quantitative estimate of drug-likeness (QED) is 0.0912. The van der Waals surface area contributed by atoms with E-state index in [1.165, 1.54) is 32.9 Å². The van der Waals surface area contributed by atoms with Crippen LogP contribution in [0.1, 0.15) is 52.8 Å². The molecular weight excluding hydrogens is 587 g/mol. The van der Waals surface area contributed by atoms with Crippen LogP contribution in [0.25, 0.3) is 10.4 Å². The van der Waals surface area contributed by atoms with Gasteiger partial charge in [0.15, 0.2) is 6.23 Å². The largest absolute Gasteiger partial charge is 0.462 e. The predicted molar refractivity (Wildman–Crippen MR) is 152 cm³/mol. The Bertz CT molecular complexity index is 1520. The van der Waals surface area contributed by atoms with Crippen molar-refractivity contribution >= 4 is 19.5 Å². The first-order chi connectivity index (χ1) is 20.2. The molecule has 1 saturated heterocycles. The molecule has 1 aromatic carbocycles. The number of hydrogen-bond acceptors (Lipinski definition) is 11. The van der Waals surface area contributed by atoms with E-state index in [9.17, 15) is 34.4 Å². The zero-order valence-electron chi connectivity index (χ0n) is 24.3. The number of ether oxygens (including phenoxy) is 2. The van der Waals surface area contributed by atoms with E-state index in [4.69, 9.17) is 18.5 Å². The van der Waals surface area contributed by atoms with Gasteiger partial charge < -0.3 is 23.9 Å². The molecule has 0 amide bonds. The number of carbonyl (C=O) groups is 2. The molecule has 0 bridgehead atoms. The lowest BCUT2D eigenvalue weighted by atomic mass is 9.93. The number of rotatable bonds is 14. The second-order valence-electron chi connectivity index (χ2n) is 10.5. The number of carbonyl (C=O) groups excluding carboxylic acids is 2. The first-order valence-electron chi connectivity index (χ1n) is 13.4. The van der Waals surface area contributed by atoms with E-state index in [1.54, 1.807) is 26.0 Å². The lowest BCUT2D eigenvalue weighted by Gasteiger charge is -2.28. The van der Waals surface area contributed by atoms with Crippen molar-refractivity contribution in [2.45, 2.75) is 83.6 Å². The topological polar surface area (TPSA) is 224 Å². The highest BCUT2D eigenvalue weighted by atomic mass is 31.2. The van der Waals surface area contributed by atoms with Gasteiger partial charge in [-0.15, -0.1) is 0 Å². The van der Waals surface area contributed by atoms with Gasteiger partial charge in [0.2, 0.25) is 0 Å². The number of H-pyrrole nitrogens is 1. The normalized spacial score (nSPS) is 23.7. The molecule has 16 nitrogen and oxygen atoms in total. The van der Waals surface area contributed by atoms with Crippen molar-refractivity contribution in [3.05, 3.63) is 73.4 Å². The number of aromatic amines is 1. The Morgan fingerprint density at radius 2 is 1.93 bits per heavy atom. The number of nitrogens with one attached hydrogen (secondary N) is 2. The van der Waals surface area contributed by atoms with Crippen LogP contribution >= 0.6 is 7.75 Å². The molecule has 234 valence electrons. The number of nitrogens with zero attached hydrogens (tertiary/aromatic N) is 4. The van der Waals surface area contributed by atoms with Gasteiger partial charge in [-0.05, 0) is 64.3 Å². The Balaban J connectivity index is 1.86. The molecule has 2 unspecified atom stereocenters. The Morgan fingerprint density at radius 1 is 1.26 bits per heavy atom. The molecule has 3 N–H and O–H groups in total. The minimum absolute atomic E-state index is 0.0326. The van der Waals surface area contributed by atoms with Crippen LogP contribution in [-0.2, 0) is 34.6 Å². The smallest absolute Gasteiger partial charge is 0.459 e. The highest BCUT2D eigenvalue weighted by Gasteiger charge is 2.55. The second kappa shape index (κ2) is 14.1. The van der Waals surface area contributed by atoms with Crippen LogP contribution in [0.5, 0.6) is 5.75 Å². The average Bonchev–Trinajstić information content (AvgIpc) is 3.16. The van der Waals surface area contributed by atoms with E-state index in [0.717, 1.165) is 22.4 Å². The lowest BCUT2D eigenvalue weighted by molar-refractivity contribution is -0.149. The van der Waals surface area contributed by atoms with Crippen molar-refractivity contribution in [2.24, 2.45) is 5.11 Å². The van der Waals surface area contributed by atoms with Gasteiger partial charge in [-0.25, -0.2) is 9.36 Å². The summed E-state index contributed by atoms with van der Waals surface area (Å²) in [6, 6.07) is 6.29. The molecule has 0 spiro atoms. The monoisotopic (exact) mass is 622 g/mol. The molecule has 1 aromatic heterocycles. The first kappa shape index (κ1) is 33.7. The highest BCUT2D eigenvalue weighted by Crippen LogP contribution is 2.47. The van der Waals surface area contributed by atoms with Crippen LogP contribution in [0.15, 0.2) is 51.2 Å². The summed E-state index contributed by atoms with van der Waals surface area (Å²) in [7, 11) is -4.40. The third-order valence-electron chi connectivity index (χ3n) is 6.50. The lowest BCUT2D eigenvalue weighted by Crippen LogP contribution is -2.45. The molecule has 17 heteroatoms. The molecule has 6 atom stereocenters. The molecule has 1 aliphatic heterocycles. The number of hydrogen-bond donors (Lipinski definition) is 3. The van der Waals surface area contributed by atoms with Gasteiger partial charge in [-0.2, -0.15) is 5.09 Å². The van der Waals surface area contributed by atoms with E-state index in [0.29, 0.717) is 12.8 Å². The van der Waals surface area contributed by atoms with Crippen LogP contribution in [0.2, 0.25) is 0 Å². The summed E-state index contributed by atoms with van der Waals surface area (Å²) in [5, 5.41) is 17.3. The molecule has 2 aromatic rings. The first-order valence-corrected chi connectivity index (χ1v) is 14.9. The predicted octanol–water partition coefficient (Wildman–Crippen LogP) is 2.52. The van der Waals surface area contributed by atoms with Gasteiger partial charge in [-0.3, -0.25) is 23.7 Å². The van der Waals surface area contributed by atoms with E-state index < -0.39 is 67.7 Å². The van der Waals surface area contributed by atoms with Crippen molar-refractivity contribution in [3.8, 4) is 5.75 Å². The fourth-order valence-electron chi connectivity index (χ4n) is 4.26. The Morgan fingerprint density at radius 3 is 2.51 bits per heavy atom. The summed E-state index contributed by atoms with van der Waals surface area (Å²) in [6.45, 7) is 6.91. The summed E-state index contributed by atoms with van der Waals surface area (Å²) in [5.41, 5.74) is 6.69. The standard InChI is InChI=1S/C26H35N6O10P/c1-15(2)40-23(36)17(4)29-43(38,42-19-10-8-18(9-11-19)7-6-16(3)33)39-14-20-22(35)26(5,30-31-27)24(41-20)32-13-12-21(34)28-25(32)37/h8-13,15,17,20,22,24,35H,6-7,14H2,1-5H3,(H,29,38)(H,28,34,37)/t17-,20+,22+,24?,26+,43?/m0/s1. The molecule has 1 fully saturated rings. The molecule has 43 heavy (non-hydrogen) atoms.